The van der Waals surface area contributed by atoms with Crippen LogP contribution < -0.4 is 5.73 Å². The zero-order valence-corrected chi connectivity index (χ0v) is 10.2. The number of morpholine rings is 1. The minimum atomic E-state index is -0.0217. The average Bonchev–Trinajstić information content (AvgIpc) is 2.34. The van der Waals surface area contributed by atoms with Gasteiger partial charge in [-0.3, -0.25) is 4.79 Å². The smallest absolute Gasteiger partial charge is 0.248 e. The van der Waals surface area contributed by atoms with Crippen LogP contribution in [-0.2, 0) is 16.1 Å². The molecule has 0 radical (unpaired) electrons. The van der Waals surface area contributed by atoms with Gasteiger partial charge >= 0.3 is 0 Å². The standard InChI is InChI=1S/C13H18N2O3/c14-5-4-12-8-15(13(17)9-18-12)7-10-2-1-3-11(16)6-10/h1-3,6,12,16H,4-5,7-9,14H2. The van der Waals surface area contributed by atoms with E-state index in [1.807, 2.05) is 6.07 Å². The molecule has 18 heavy (non-hydrogen) atoms. The number of hydrogen-bond donors (Lipinski definition) is 2. The summed E-state index contributed by atoms with van der Waals surface area (Å²) in [5, 5.41) is 9.40. The van der Waals surface area contributed by atoms with Crippen molar-refractivity contribution < 1.29 is 14.6 Å². The van der Waals surface area contributed by atoms with Gasteiger partial charge in [0.15, 0.2) is 0 Å². The Morgan fingerprint density at radius 2 is 2.33 bits per heavy atom. The second-order valence-electron chi connectivity index (χ2n) is 4.45. The number of aromatic hydroxyl groups is 1. The van der Waals surface area contributed by atoms with Crippen LogP contribution in [-0.4, -0.2) is 41.7 Å². The molecule has 1 aliphatic heterocycles. The molecule has 5 nitrogen and oxygen atoms in total. The van der Waals surface area contributed by atoms with Crippen molar-refractivity contribution in [3.05, 3.63) is 29.8 Å². The molecule has 1 heterocycles. The van der Waals surface area contributed by atoms with Gasteiger partial charge in [-0.2, -0.15) is 0 Å². The Bertz CT molecular complexity index is 422. The van der Waals surface area contributed by atoms with E-state index in [0.717, 1.165) is 12.0 Å². The molecule has 3 N–H and O–H groups in total. The molecule has 0 aromatic heterocycles. The van der Waals surface area contributed by atoms with Crippen LogP contribution in [0.1, 0.15) is 12.0 Å². The Morgan fingerprint density at radius 1 is 1.50 bits per heavy atom. The predicted molar refractivity (Wildman–Crippen MR) is 66.9 cm³/mol. The summed E-state index contributed by atoms with van der Waals surface area (Å²) in [7, 11) is 0. The van der Waals surface area contributed by atoms with Crippen LogP contribution in [0, 0.1) is 0 Å². The fourth-order valence-electron chi connectivity index (χ4n) is 2.07. The van der Waals surface area contributed by atoms with Crippen molar-refractivity contribution in [1.82, 2.24) is 4.90 Å². The second-order valence-corrected chi connectivity index (χ2v) is 4.45. The largest absolute Gasteiger partial charge is 0.508 e. The number of carbonyl (C=O) groups is 1. The summed E-state index contributed by atoms with van der Waals surface area (Å²) in [6.45, 7) is 1.73. The van der Waals surface area contributed by atoms with Gasteiger partial charge in [0.25, 0.3) is 0 Å². The first-order valence-corrected chi connectivity index (χ1v) is 6.06. The highest BCUT2D eigenvalue weighted by atomic mass is 16.5. The number of amides is 1. The molecule has 1 aromatic rings. The minimum Gasteiger partial charge on any atom is -0.508 e. The topological polar surface area (TPSA) is 75.8 Å². The Kier molecular flexibility index (Phi) is 4.17. The van der Waals surface area contributed by atoms with Crippen molar-refractivity contribution in [2.24, 2.45) is 5.73 Å². The predicted octanol–water partition coefficient (Wildman–Crippen LogP) is 0.468. The van der Waals surface area contributed by atoms with Gasteiger partial charge in [0.2, 0.25) is 5.91 Å². The van der Waals surface area contributed by atoms with E-state index in [1.54, 1.807) is 23.1 Å². The van der Waals surface area contributed by atoms with Gasteiger partial charge < -0.3 is 20.5 Å². The fraction of sp³-hybridized carbons (Fsp3) is 0.462. The van der Waals surface area contributed by atoms with E-state index < -0.39 is 0 Å². The maximum Gasteiger partial charge on any atom is 0.248 e. The fourth-order valence-corrected chi connectivity index (χ4v) is 2.07. The van der Waals surface area contributed by atoms with Crippen LogP contribution in [0.3, 0.4) is 0 Å². The zero-order chi connectivity index (χ0) is 13.0. The summed E-state index contributed by atoms with van der Waals surface area (Å²) in [6, 6.07) is 6.94. The van der Waals surface area contributed by atoms with Crippen LogP contribution in [0.5, 0.6) is 5.75 Å². The molecule has 1 fully saturated rings. The van der Waals surface area contributed by atoms with E-state index >= 15 is 0 Å². The lowest BCUT2D eigenvalue weighted by molar-refractivity contribution is -0.149. The number of ether oxygens (including phenoxy) is 1. The maximum atomic E-state index is 11.7. The number of benzene rings is 1. The third-order valence-corrected chi connectivity index (χ3v) is 2.99. The third-order valence-electron chi connectivity index (χ3n) is 2.99. The second kappa shape index (κ2) is 5.84. The zero-order valence-electron chi connectivity index (χ0n) is 10.2. The lowest BCUT2D eigenvalue weighted by Gasteiger charge is -2.32. The van der Waals surface area contributed by atoms with Crippen molar-refractivity contribution in [3.8, 4) is 5.75 Å². The molecular formula is C13H18N2O3. The number of phenolic OH excluding ortho intramolecular Hbond substituents is 1. The number of nitrogens with zero attached hydrogens (tertiary/aromatic N) is 1. The lowest BCUT2D eigenvalue weighted by Crippen LogP contribution is -2.46. The Hall–Kier alpha value is -1.59. The van der Waals surface area contributed by atoms with Gasteiger partial charge in [0.1, 0.15) is 12.4 Å². The van der Waals surface area contributed by atoms with Crippen LogP contribution in [0.15, 0.2) is 24.3 Å². The molecule has 1 aromatic carbocycles. The highest BCUT2D eigenvalue weighted by molar-refractivity contribution is 5.78. The SMILES string of the molecule is NCCC1CN(Cc2cccc(O)c2)C(=O)CO1. The van der Waals surface area contributed by atoms with Gasteiger partial charge in [-0.25, -0.2) is 0 Å². The molecule has 1 amide bonds. The van der Waals surface area contributed by atoms with Gasteiger partial charge in [-0.05, 0) is 30.7 Å². The van der Waals surface area contributed by atoms with Gasteiger partial charge in [0, 0.05) is 13.1 Å². The Balaban J connectivity index is 2.00. The van der Waals surface area contributed by atoms with E-state index in [0.29, 0.717) is 19.6 Å². The maximum absolute atomic E-state index is 11.7. The summed E-state index contributed by atoms with van der Waals surface area (Å²) >= 11 is 0. The van der Waals surface area contributed by atoms with Crippen molar-refractivity contribution in [2.45, 2.75) is 19.1 Å². The summed E-state index contributed by atoms with van der Waals surface area (Å²) < 4.78 is 5.40. The molecule has 2 rings (SSSR count). The number of carbonyl (C=O) groups excluding carboxylic acids is 1. The molecule has 0 bridgehead atoms. The quantitative estimate of drug-likeness (QED) is 0.814. The highest BCUT2D eigenvalue weighted by Gasteiger charge is 2.25. The van der Waals surface area contributed by atoms with E-state index in [-0.39, 0.29) is 24.4 Å². The molecule has 98 valence electrons. The highest BCUT2D eigenvalue weighted by Crippen LogP contribution is 2.16. The van der Waals surface area contributed by atoms with E-state index in [9.17, 15) is 9.90 Å². The van der Waals surface area contributed by atoms with E-state index in [2.05, 4.69) is 0 Å². The monoisotopic (exact) mass is 250 g/mol. The molecule has 1 aliphatic rings. The number of nitrogens with two attached hydrogens (primary N) is 1. The van der Waals surface area contributed by atoms with Gasteiger partial charge in [-0.15, -0.1) is 0 Å². The van der Waals surface area contributed by atoms with Crippen molar-refractivity contribution in [3.63, 3.8) is 0 Å². The molecular weight excluding hydrogens is 232 g/mol. The molecule has 1 unspecified atom stereocenters. The van der Waals surface area contributed by atoms with Gasteiger partial charge in [0.05, 0.1) is 6.10 Å². The molecule has 1 atom stereocenters. The van der Waals surface area contributed by atoms with Crippen LogP contribution in [0.4, 0.5) is 0 Å². The summed E-state index contributed by atoms with van der Waals surface area (Å²) in [5.41, 5.74) is 6.41. The van der Waals surface area contributed by atoms with Crippen molar-refractivity contribution >= 4 is 5.91 Å². The molecule has 5 heteroatoms. The number of rotatable bonds is 4. The summed E-state index contributed by atoms with van der Waals surface area (Å²) in [4.78, 5) is 13.5. The first kappa shape index (κ1) is 12.9. The minimum absolute atomic E-state index is 0.0185. The first-order chi connectivity index (χ1) is 8.69. The van der Waals surface area contributed by atoms with Crippen LogP contribution in [0.25, 0.3) is 0 Å². The molecule has 0 saturated carbocycles. The van der Waals surface area contributed by atoms with E-state index in [4.69, 9.17) is 10.5 Å². The van der Waals surface area contributed by atoms with Crippen LogP contribution >= 0.6 is 0 Å². The lowest BCUT2D eigenvalue weighted by atomic mass is 10.1. The average molecular weight is 250 g/mol. The van der Waals surface area contributed by atoms with Crippen molar-refractivity contribution in [2.75, 3.05) is 19.7 Å². The summed E-state index contributed by atoms with van der Waals surface area (Å²) in [5.74, 6) is 0.193. The summed E-state index contributed by atoms with van der Waals surface area (Å²) in [6.07, 6.45) is 0.772. The van der Waals surface area contributed by atoms with Crippen molar-refractivity contribution in [1.29, 1.82) is 0 Å². The number of hydrogen-bond acceptors (Lipinski definition) is 4. The Morgan fingerprint density at radius 3 is 3.06 bits per heavy atom. The normalized spacial score (nSPS) is 20.2. The molecule has 0 aliphatic carbocycles. The van der Waals surface area contributed by atoms with E-state index in [1.165, 1.54) is 0 Å². The molecule has 0 spiro atoms. The first-order valence-electron chi connectivity index (χ1n) is 6.06. The molecule has 1 saturated heterocycles. The van der Waals surface area contributed by atoms with Crippen LogP contribution in [0.2, 0.25) is 0 Å². The number of phenols is 1. The van der Waals surface area contributed by atoms with Gasteiger partial charge in [-0.1, -0.05) is 12.1 Å². The Labute approximate surface area is 106 Å². The third kappa shape index (κ3) is 3.21.